The Morgan fingerprint density at radius 2 is 1.95 bits per heavy atom. The van der Waals surface area contributed by atoms with Gasteiger partial charge in [-0.25, -0.2) is 18.6 Å². The van der Waals surface area contributed by atoms with Gasteiger partial charge in [-0.2, -0.15) is 0 Å². The number of oxazole rings is 1. The van der Waals surface area contributed by atoms with Crippen molar-refractivity contribution in [1.82, 2.24) is 4.98 Å². The number of hydrogen-bond acceptors (Lipinski definition) is 3. The Bertz CT molecular complexity index is 675. The lowest BCUT2D eigenvalue weighted by Crippen LogP contribution is -2.03. The summed E-state index contributed by atoms with van der Waals surface area (Å²) in [6.45, 7) is 3.75. The first-order valence-electron chi connectivity index (χ1n) is 6.17. The number of carbonyl (C=O) groups is 1. The van der Waals surface area contributed by atoms with Crippen LogP contribution < -0.4 is 0 Å². The van der Waals surface area contributed by atoms with E-state index < -0.39 is 23.2 Å². The fraction of sp³-hybridized carbons (Fsp3) is 0.286. The first-order chi connectivity index (χ1) is 9.79. The predicted octanol–water partition coefficient (Wildman–Crippen LogP) is 4.28. The van der Waals surface area contributed by atoms with E-state index in [-0.39, 0.29) is 27.7 Å². The van der Waals surface area contributed by atoms with E-state index in [1.54, 1.807) is 0 Å². The zero-order chi connectivity index (χ0) is 15.7. The lowest BCUT2D eigenvalue weighted by Gasteiger charge is -2.01. The SMILES string of the molecule is CC(C)Cc1nc(-c2c(F)cc(Br)cc2F)oc1C(=O)O. The van der Waals surface area contributed by atoms with Crippen molar-refractivity contribution in [2.75, 3.05) is 0 Å². The zero-order valence-electron chi connectivity index (χ0n) is 11.3. The Labute approximate surface area is 127 Å². The number of aromatic nitrogens is 1. The average Bonchev–Trinajstić information content (AvgIpc) is 2.70. The summed E-state index contributed by atoms with van der Waals surface area (Å²) in [5, 5.41) is 9.09. The van der Waals surface area contributed by atoms with Gasteiger partial charge in [0.05, 0.1) is 5.69 Å². The molecule has 0 amide bonds. The van der Waals surface area contributed by atoms with E-state index in [4.69, 9.17) is 9.52 Å². The second-order valence-corrected chi connectivity index (χ2v) is 5.86. The molecule has 4 nitrogen and oxygen atoms in total. The number of carboxylic acids is 1. The molecule has 0 fully saturated rings. The minimum absolute atomic E-state index is 0.126. The fourth-order valence-corrected chi connectivity index (χ4v) is 2.30. The van der Waals surface area contributed by atoms with Crippen molar-refractivity contribution in [3.8, 4) is 11.5 Å². The highest BCUT2D eigenvalue weighted by atomic mass is 79.9. The second-order valence-electron chi connectivity index (χ2n) is 4.94. The second kappa shape index (κ2) is 5.93. The Hall–Kier alpha value is -1.76. The van der Waals surface area contributed by atoms with Gasteiger partial charge >= 0.3 is 5.97 Å². The third kappa shape index (κ3) is 3.29. The van der Waals surface area contributed by atoms with E-state index >= 15 is 0 Å². The van der Waals surface area contributed by atoms with Crippen molar-refractivity contribution in [2.24, 2.45) is 5.92 Å². The Morgan fingerprint density at radius 1 is 1.38 bits per heavy atom. The summed E-state index contributed by atoms with van der Waals surface area (Å²) >= 11 is 2.97. The molecule has 0 aliphatic carbocycles. The van der Waals surface area contributed by atoms with Gasteiger partial charge in [0.1, 0.15) is 17.2 Å². The third-order valence-electron chi connectivity index (χ3n) is 2.71. The molecule has 0 aliphatic heterocycles. The van der Waals surface area contributed by atoms with Crippen LogP contribution in [0.2, 0.25) is 0 Å². The van der Waals surface area contributed by atoms with E-state index in [0.717, 1.165) is 12.1 Å². The van der Waals surface area contributed by atoms with Gasteiger partial charge in [0.2, 0.25) is 11.7 Å². The lowest BCUT2D eigenvalue weighted by atomic mass is 10.1. The molecule has 0 bridgehead atoms. The minimum atomic E-state index is -1.32. The molecule has 0 atom stereocenters. The molecule has 0 unspecified atom stereocenters. The zero-order valence-corrected chi connectivity index (χ0v) is 12.9. The normalized spacial score (nSPS) is 11.1. The highest BCUT2D eigenvalue weighted by molar-refractivity contribution is 9.10. The monoisotopic (exact) mass is 359 g/mol. The molecule has 2 rings (SSSR count). The molecular weight excluding hydrogens is 348 g/mol. The maximum Gasteiger partial charge on any atom is 0.373 e. The van der Waals surface area contributed by atoms with Crippen LogP contribution >= 0.6 is 15.9 Å². The van der Waals surface area contributed by atoms with E-state index in [1.165, 1.54) is 0 Å². The van der Waals surface area contributed by atoms with E-state index in [0.29, 0.717) is 6.42 Å². The summed E-state index contributed by atoms with van der Waals surface area (Å²) in [6, 6.07) is 2.12. The van der Waals surface area contributed by atoms with Crippen molar-refractivity contribution >= 4 is 21.9 Å². The molecule has 0 saturated carbocycles. The van der Waals surface area contributed by atoms with Gasteiger partial charge in [-0.1, -0.05) is 29.8 Å². The number of benzene rings is 1. The quantitative estimate of drug-likeness (QED) is 0.884. The van der Waals surface area contributed by atoms with Crippen LogP contribution in [0.5, 0.6) is 0 Å². The Kier molecular flexibility index (Phi) is 4.41. The largest absolute Gasteiger partial charge is 0.475 e. The number of rotatable bonds is 4. The predicted molar refractivity (Wildman–Crippen MR) is 75.1 cm³/mol. The average molecular weight is 360 g/mol. The Balaban J connectivity index is 2.58. The topological polar surface area (TPSA) is 63.3 Å². The summed E-state index contributed by atoms with van der Waals surface area (Å²) in [7, 11) is 0. The van der Waals surface area contributed by atoms with Crippen LogP contribution in [-0.2, 0) is 6.42 Å². The molecule has 1 aromatic carbocycles. The molecular formula is C14H12BrF2NO3. The molecule has 2 aromatic rings. The summed E-state index contributed by atoms with van der Waals surface area (Å²) in [6.07, 6.45) is 0.338. The summed E-state index contributed by atoms with van der Waals surface area (Å²) in [5.41, 5.74) is -0.301. The highest BCUT2D eigenvalue weighted by Gasteiger charge is 2.24. The van der Waals surface area contributed by atoms with Gasteiger partial charge in [-0.15, -0.1) is 0 Å². The molecule has 1 heterocycles. The molecule has 7 heteroatoms. The first-order valence-corrected chi connectivity index (χ1v) is 6.96. The molecule has 0 spiro atoms. The van der Waals surface area contributed by atoms with Crippen LogP contribution in [0.15, 0.2) is 21.0 Å². The van der Waals surface area contributed by atoms with Crippen LogP contribution in [-0.4, -0.2) is 16.1 Å². The van der Waals surface area contributed by atoms with Crippen LogP contribution in [0.4, 0.5) is 8.78 Å². The van der Waals surface area contributed by atoms with E-state index in [2.05, 4.69) is 20.9 Å². The van der Waals surface area contributed by atoms with Gasteiger partial charge in [0.25, 0.3) is 0 Å². The highest BCUT2D eigenvalue weighted by Crippen LogP contribution is 2.30. The van der Waals surface area contributed by atoms with Gasteiger partial charge in [-0.05, 0) is 24.5 Å². The number of carboxylic acid groups (broad SMARTS) is 1. The molecule has 0 saturated heterocycles. The van der Waals surface area contributed by atoms with E-state index in [9.17, 15) is 13.6 Å². The van der Waals surface area contributed by atoms with Crippen molar-refractivity contribution in [3.63, 3.8) is 0 Å². The summed E-state index contributed by atoms with van der Waals surface area (Å²) in [5.74, 6) is -3.71. The van der Waals surface area contributed by atoms with Gasteiger partial charge in [-0.3, -0.25) is 0 Å². The van der Waals surface area contributed by atoms with Crippen LogP contribution in [0.25, 0.3) is 11.5 Å². The number of aromatic carboxylic acids is 1. The first kappa shape index (κ1) is 15.6. The third-order valence-corrected chi connectivity index (χ3v) is 3.17. The van der Waals surface area contributed by atoms with Gasteiger partial charge in [0, 0.05) is 4.47 Å². The van der Waals surface area contributed by atoms with Crippen molar-refractivity contribution in [2.45, 2.75) is 20.3 Å². The maximum absolute atomic E-state index is 13.9. The van der Waals surface area contributed by atoms with Crippen molar-refractivity contribution in [1.29, 1.82) is 0 Å². The summed E-state index contributed by atoms with van der Waals surface area (Å²) < 4.78 is 33.1. The molecule has 112 valence electrons. The Morgan fingerprint density at radius 3 is 2.43 bits per heavy atom. The molecule has 21 heavy (non-hydrogen) atoms. The molecule has 0 radical (unpaired) electrons. The van der Waals surface area contributed by atoms with Crippen LogP contribution in [0, 0.1) is 17.6 Å². The summed E-state index contributed by atoms with van der Waals surface area (Å²) in [4.78, 5) is 15.1. The number of halogens is 3. The standard InChI is InChI=1S/C14H12BrF2NO3/c1-6(2)3-10-12(14(19)20)21-13(18-10)11-8(16)4-7(15)5-9(11)17/h4-6H,3H2,1-2H3,(H,19,20). The van der Waals surface area contributed by atoms with Gasteiger partial charge < -0.3 is 9.52 Å². The number of nitrogens with zero attached hydrogens (tertiary/aromatic N) is 1. The smallest absolute Gasteiger partial charge is 0.373 e. The van der Waals surface area contributed by atoms with Gasteiger partial charge in [0.15, 0.2) is 0 Å². The molecule has 1 aromatic heterocycles. The van der Waals surface area contributed by atoms with Crippen LogP contribution in [0.3, 0.4) is 0 Å². The maximum atomic E-state index is 13.9. The number of hydrogen-bond donors (Lipinski definition) is 1. The fourth-order valence-electron chi connectivity index (χ4n) is 1.90. The lowest BCUT2D eigenvalue weighted by molar-refractivity contribution is 0.0661. The molecule has 0 aliphatic rings. The van der Waals surface area contributed by atoms with E-state index in [1.807, 2.05) is 13.8 Å². The minimum Gasteiger partial charge on any atom is -0.475 e. The molecule has 1 N–H and O–H groups in total. The van der Waals surface area contributed by atoms with Crippen LogP contribution in [0.1, 0.15) is 30.1 Å². The van der Waals surface area contributed by atoms with Crippen molar-refractivity contribution in [3.05, 3.63) is 39.7 Å². The van der Waals surface area contributed by atoms with Crippen molar-refractivity contribution < 1.29 is 23.1 Å².